The number of hydrogen-bond acceptors (Lipinski definition) is 3. The molecule has 0 bridgehead atoms. The molecule has 1 aliphatic rings. The fraction of sp³-hybridized carbons (Fsp3) is 0.524. The van der Waals surface area contributed by atoms with Crippen molar-refractivity contribution in [2.24, 2.45) is 10.9 Å². The third-order valence-electron chi connectivity index (χ3n) is 5.57. The summed E-state index contributed by atoms with van der Waals surface area (Å²) in [6.07, 6.45) is 6.98. The first kappa shape index (κ1) is 22.5. The first-order valence-corrected chi connectivity index (χ1v) is 9.70. The molecule has 1 N–H and O–H groups in total. The molecule has 1 fully saturated rings. The molecule has 7 heteroatoms. The Kier molecular flexibility index (Phi) is 8.59. The van der Waals surface area contributed by atoms with Crippen LogP contribution >= 0.6 is 24.0 Å². The Bertz CT molecular complexity index is 749. The van der Waals surface area contributed by atoms with Crippen molar-refractivity contribution in [2.45, 2.75) is 32.2 Å². The highest BCUT2D eigenvalue weighted by Gasteiger charge is 2.29. The Balaban J connectivity index is 0.00000280. The van der Waals surface area contributed by atoms with E-state index < -0.39 is 0 Å². The van der Waals surface area contributed by atoms with Crippen LogP contribution in [0.4, 0.5) is 0 Å². The maximum atomic E-state index is 5.51. The van der Waals surface area contributed by atoms with Gasteiger partial charge in [0, 0.05) is 45.0 Å². The lowest BCUT2D eigenvalue weighted by Gasteiger charge is -2.39. The van der Waals surface area contributed by atoms with Gasteiger partial charge in [-0.15, -0.1) is 24.0 Å². The normalized spacial score (nSPS) is 21.0. The zero-order valence-corrected chi connectivity index (χ0v) is 19.5. The summed E-state index contributed by atoms with van der Waals surface area (Å²) in [6.45, 7) is 7.32. The van der Waals surface area contributed by atoms with E-state index in [2.05, 4.69) is 56.9 Å². The largest absolute Gasteiger partial charge is 0.496 e. The van der Waals surface area contributed by atoms with Crippen molar-refractivity contribution in [1.29, 1.82) is 0 Å². The number of methoxy groups -OCH3 is 1. The quantitative estimate of drug-likeness (QED) is 0.388. The molecular formula is C21H32IN5O. The van der Waals surface area contributed by atoms with Crippen molar-refractivity contribution < 1.29 is 4.74 Å². The summed E-state index contributed by atoms with van der Waals surface area (Å²) < 4.78 is 7.73. The molecule has 1 aromatic carbocycles. The van der Waals surface area contributed by atoms with Gasteiger partial charge in [0.1, 0.15) is 5.75 Å². The molecule has 2 heterocycles. The van der Waals surface area contributed by atoms with Crippen molar-refractivity contribution in [3.8, 4) is 5.75 Å². The number of halogens is 1. The second kappa shape index (κ2) is 10.7. The Morgan fingerprint density at radius 1 is 1.39 bits per heavy atom. The maximum Gasteiger partial charge on any atom is 0.193 e. The van der Waals surface area contributed by atoms with Crippen LogP contribution in [0.3, 0.4) is 0 Å². The highest BCUT2D eigenvalue weighted by Crippen LogP contribution is 2.28. The number of nitrogens with zero attached hydrogens (tertiary/aromatic N) is 4. The fourth-order valence-corrected chi connectivity index (χ4v) is 3.86. The lowest BCUT2D eigenvalue weighted by Crippen LogP contribution is -2.49. The Labute approximate surface area is 185 Å². The van der Waals surface area contributed by atoms with Gasteiger partial charge in [0.25, 0.3) is 0 Å². The number of imidazole rings is 1. The molecule has 6 nitrogen and oxygen atoms in total. The number of nitrogens with one attached hydrogen (secondary N) is 1. The van der Waals surface area contributed by atoms with E-state index in [4.69, 9.17) is 4.74 Å². The molecule has 2 aromatic rings. The van der Waals surface area contributed by atoms with Gasteiger partial charge in [-0.3, -0.25) is 4.99 Å². The predicted molar refractivity (Wildman–Crippen MR) is 125 cm³/mol. The second-order valence-corrected chi connectivity index (χ2v) is 7.36. The van der Waals surface area contributed by atoms with Gasteiger partial charge in [-0.25, -0.2) is 4.98 Å². The number of benzene rings is 1. The van der Waals surface area contributed by atoms with Gasteiger partial charge in [0.15, 0.2) is 5.96 Å². The van der Waals surface area contributed by atoms with E-state index in [9.17, 15) is 0 Å². The number of likely N-dealkylation sites (tertiary alicyclic amines) is 1. The fourth-order valence-electron chi connectivity index (χ4n) is 3.86. The van der Waals surface area contributed by atoms with Crippen LogP contribution in [-0.2, 0) is 0 Å². The number of guanidine groups is 1. The molecule has 0 saturated carbocycles. The molecule has 0 radical (unpaired) electrons. The van der Waals surface area contributed by atoms with Crippen LogP contribution in [0.25, 0.3) is 0 Å². The first-order chi connectivity index (χ1) is 13.1. The molecule has 1 aromatic heterocycles. The van der Waals surface area contributed by atoms with E-state index in [-0.39, 0.29) is 24.0 Å². The van der Waals surface area contributed by atoms with Crippen LogP contribution < -0.4 is 10.1 Å². The summed E-state index contributed by atoms with van der Waals surface area (Å²) in [5, 5.41) is 3.56. The van der Waals surface area contributed by atoms with E-state index >= 15 is 0 Å². The number of hydrogen-bond donors (Lipinski definition) is 1. The molecule has 0 spiro atoms. The van der Waals surface area contributed by atoms with E-state index in [0.29, 0.717) is 17.9 Å². The zero-order chi connectivity index (χ0) is 19.2. The minimum atomic E-state index is 0. The van der Waals surface area contributed by atoms with Gasteiger partial charge in [0.2, 0.25) is 0 Å². The minimum Gasteiger partial charge on any atom is -0.496 e. The number of ether oxygens (including phenoxy) is 1. The Hall–Kier alpha value is -1.77. The average molecular weight is 497 g/mol. The van der Waals surface area contributed by atoms with Crippen LogP contribution in [0.5, 0.6) is 5.75 Å². The van der Waals surface area contributed by atoms with Crippen molar-refractivity contribution in [2.75, 3.05) is 33.8 Å². The van der Waals surface area contributed by atoms with Gasteiger partial charge >= 0.3 is 0 Å². The second-order valence-electron chi connectivity index (χ2n) is 7.36. The number of aromatic nitrogens is 2. The van der Waals surface area contributed by atoms with Gasteiger partial charge in [0.05, 0.1) is 19.5 Å². The Morgan fingerprint density at radius 2 is 2.18 bits per heavy atom. The van der Waals surface area contributed by atoms with Gasteiger partial charge in [-0.1, -0.05) is 32.0 Å². The van der Waals surface area contributed by atoms with E-state index in [1.165, 1.54) is 5.56 Å². The average Bonchev–Trinajstić information content (AvgIpc) is 3.23. The third-order valence-corrected chi connectivity index (χ3v) is 5.57. The minimum absolute atomic E-state index is 0. The van der Waals surface area contributed by atoms with Crippen LogP contribution in [0.15, 0.2) is 48.0 Å². The molecule has 0 aliphatic carbocycles. The van der Waals surface area contributed by atoms with Crippen molar-refractivity contribution in [3.05, 3.63) is 48.5 Å². The molecule has 28 heavy (non-hydrogen) atoms. The molecule has 0 amide bonds. The standard InChI is InChI=1S/C21H31N5O.HI/c1-16-9-11-25(14-19(16)26-12-10-23-15-26)21(22-3)24-13-17(2)18-7-5-6-8-20(18)27-4;/h5-8,10,12,15-17,19H,9,11,13-14H2,1-4H3,(H,22,24);1H. The summed E-state index contributed by atoms with van der Waals surface area (Å²) in [5.74, 6) is 2.86. The number of piperidine rings is 1. The number of rotatable bonds is 5. The van der Waals surface area contributed by atoms with Crippen molar-refractivity contribution in [3.63, 3.8) is 0 Å². The van der Waals surface area contributed by atoms with Crippen LogP contribution in [0.2, 0.25) is 0 Å². The molecule has 3 atom stereocenters. The summed E-state index contributed by atoms with van der Waals surface area (Å²) in [6, 6.07) is 8.64. The molecule has 1 aliphatic heterocycles. The highest BCUT2D eigenvalue weighted by atomic mass is 127. The topological polar surface area (TPSA) is 54.7 Å². The molecule has 1 saturated heterocycles. The number of para-hydroxylation sites is 1. The van der Waals surface area contributed by atoms with Crippen LogP contribution in [0.1, 0.15) is 37.8 Å². The summed E-state index contributed by atoms with van der Waals surface area (Å²) in [5.41, 5.74) is 1.21. The maximum absolute atomic E-state index is 5.51. The van der Waals surface area contributed by atoms with Crippen molar-refractivity contribution >= 4 is 29.9 Å². The predicted octanol–water partition coefficient (Wildman–Crippen LogP) is 3.77. The van der Waals surface area contributed by atoms with Gasteiger partial charge in [-0.05, 0) is 24.0 Å². The monoisotopic (exact) mass is 497 g/mol. The summed E-state index contributed by atoms with van der Waals surface area (Å²) >= 11 is 0. The van der Waals surface area contributed by atoms with Crippen LogP contribution in [-0.4, -0.2) is 54.2 Å². The smallest absolute Gasteiger partial charge is 0.193 e. The summed E-state index contributed by atoms with van der Waals surface area (Å²) in [4.78, 5) is 11.1. The van der Waals surface area contributed by atoms with Crippen LogP contribution in [0, 0.1) is 5.92 Å². The lowest BCUT2D eigenvalue weighted by molar-refractivity contribution is 0.189. The van der Waals surface area contributed by atoms with E-state index in [1.54, 1.807) is 7.11 Å². The first-order valence-electron chi connectivity index (χ1n) is 9.70. The van der Waals surface area contributed by atoms with E-state index in [1.807, 2.05) is 31.7 Å². The summed E-state index contributed by atoms with van der Waals surface area (Å²) in [7, 11) is 3.59. The zero-order valence-electron chi connectivity index (χ0n) is 17.2. The van der Waals surface area contributed by atoms with Crippen molar-refractivity contribution in [1.82, 2.24) is 19.8 Å². The molecular weight excluding hydrogens is 465 g/mol. The third kappa shape index (κ3) is 5.18. The van der Waals surface area contributed by atoms with Gasteiger partial charge < -0.3 is 19.5 Å². The molecule has 154 valence electrons. The molecule has 3 rings (SSSR count). The highest BCUT2D eigenvalue weighted by molar-refractivity contribution is 14.0. The SMILES string of the molecule is CN=C(NCC(C)c1ccccc1OC)N1CCC(C)C(n2ccnc2)C1.I. The Morgan fingerprint density at radius 3 is 2.86 bits per heavy atom. The molecule has 3 unspecified atom stereocenters. The lowest BCUT2D eigenvalue weighted by atomic mass is 9.93. The van der Waals surface area contributed by atoms with E-state index in [0.717, 1.165) is 37.8 Å². The van der Waals surface area contributed by atoms with Gasteiger partial charge in [-0.2, -0.15) is 0 Å². The number of aliphatic imine (C=N–C) groups is 1.